The largest absolute Gasteiger partial charge is 0.481 e. The van der Waals surface area contributed by atoms with E-state index in [9.17, 15) is 9.59 Å². The zero-order chi connectivity index (χ0) is 12.6. The molecule has 0 aromatic heterocycles. The van der Waals surface area contributed by atoms with E-state index in [0.29, 0.717) is 18.4 Å². The van der Waals surface area contributed by atoms with Crippen molar-refractivity contribution in [2.24, 2.45) is 11.8 Å². The fraction of sp³-hybridized carbons (Fsp3) is 0.385. The molecule has 1 aliphatic carbocycles. The summed E-state index contributed by atoms with van der Waals surface area (Å²) in [7, 11) is 0. The first kappa shape index (κ1) is 12.3. The molecule has 0 saturated heterocycles. The predicted molar refractivity (Wildman–Crippen MR) is 67.1 cm³/mol. The van der Waals surface area contributed by atoms with Crippen molar-refractivity contribution in [1.29, 1.82) is 0 Å². The zero-order valence-electron chi connectivity index (χ0n) is 9.44. The smallest absolute Gasteiger partial charge is 0.307 e. The number of carboxylic acid groups (broad SMARTS) is 1. The SMILES string of the molecule is CCC(C(=O)O)C1Cc2ccc(Br)cc2C1=O. The maximum Gasteiger partial charge on any atom is 0.307 e. The predicted octanol–water partition coefficient (Wildman–Crippen LogP) is 2.91. The van der Waals surface area contributed by atoms with Crippen LogP contribution >= 0.6 is 15.9 Å². The molecule has 17 heavy (non-hydrogen) atoms. The topological polar surface area (TPSA) is 54.4 Å². The van der Waals surface area contributed by atoms with Crippen molar-refractivity contribution in [2.45, 2.75) is 19.8 Å². The number of rotatable bonds is 3. The third kappa shape index (κ3) is 2.14. The number of ketones is 1. The summed E-state index contributed by atoms with van der Waals surface area (Å²) >= 11 is 3.33. The monoisotopic (exact) mass is 296 g/mol. The molecule has 0 radical (unpaired) electrons. The van der Waals surface area contributed by atoms with Gasteiger partial charge in [-0.2, -0.15) is 0 Å². The highest BCUT2D eigenvalue weighted by Crippen LogP contribution is 2.34. The van der Waals surface area contributed by atoms with E-state index in [0.717, 1.165) is 10.0 Å². The third-order valence-electron chi connectivity index (χ3n) is 3.36. The van der Waals surface area contributed by atoms with Crippen LogP contribution in [-0.4, -0.2) is 16.9 Å². The van der Waals surface area contributed by atoms with E-state index in [1.54, 1.807) is 6.07 Å². The van der Waals surface area contributed by atoms with Gasteiger partial charge in [0.05, 0.1) is 5.92 Å². The van der Waals surface area contributed by atoms with Crippen LogP contribution in [0.2, 0.25) is 0 Å². The molecule has 1 N–H and O–H groups in total. The number of carbonyl (C=O) groups excluding carboxylic acids is 1. The molecule has 3 nitrogen and oxygen atoms in total. The van der Waals surface area contributed by atoms with Crippen molar-refractivity contribution in [3.8, 4) is 0 Å². The van der Waals surface area contributed by atoms with Crippen molar-refractivity contribution >= 4 is 27.7 Å². The summed E-state index contributed by atoms with van der Waals surface area (Å²) in [5, 5.41) is 9.12. The van der Waals surface area contributed by atoms with Crippen molar-refractivity contribution in [3.05, 3.63) is 33.8 Å². The zero-order valence-corrected chi connectivity index (χ0v) is 11.0. The molecule has 0 amide bonds. The minimum absolute atomic E-state index is 0.0319. The number of carbonyl (C=O) groups is 2. The molecule has 1 aromatic rings. The molecule has 0 heterocycles. The molecule has 0 spiro atoms. The van der Waals surface area contributed by atoms with Crippen LogP contribution in [0.25, 0.3) is 0 Å². The van der Waals surface area contributed by atoms with Gasteiger partial charge < -0.3 is 5.11 Å². The highest BCUT2D eigenvalue weighted by molar-refractivity contribution is 9.10. The lowest BCUT2D eigenvalue weighted by Crippen LogP contribution is -2.27. The molecule has 1 aromatic carbocycles. The normalized spacial score (nSPS) is 20.1. The molecule has 2 atom stereocenters. The van der Waals surface area contributed by atoms with Gasteiger partial charge in [0.25, 0.3) is 0 Å². The Labute approximate surface area is 108 Å². The molecule has 0 aliphatic heterocycles. The summed E-state index contributed by atoms with van der Waals surface area (Å²) in [5.41, 5.74) is 1.63. The second-order valence-corrected chi connectivity index (χ2v) is 5.24. The molecule has 2 unspecified atom stereocenters. The highest BCUT2D eigenvalue weighted by Gasteiger charge is 2.38. The average Bonchev–Trinajstić information content (AvgIpc) is 2.58. The molecule has 0 fully saturated rings. The summed E-state index contributed by atoms with van der Waals surface area (Å²) in [5.74, 6) is -1.89. The van der Waals surface area contributed by atoms with Gasteiger partial charge in [0.1, 0.15) is 0 Å². The van der Waals surface area contributed by atoms with Crippen molar-refractivity contribution in [2.75, 3.05) is 0 Å². The Morgan fingerprint density at radius 3 is 2.88 bits per heavy atom. The summed E-state index contributed by atoms with van der Waals surface area (Å²) in [4.78, 5) is 23.3. The summed E-state index contributed by atoms with van der Waals surface area (Å²) in [6, 6.07) is 5.56. The number of hydrogen-bond donors (Lipinski definition) is 1. The minimum atomic E-state index is -0.877. The van der Waals surface area contributed by atoms with E-state index >= 15 is 0 Å². The van der Waals surface area contributed by atoms with Gasteiger partial charge in [-0.3, -0.25) is 9.59 Å². The first-order valence-corrected chi connectivity index (χ1v) is 6.39. The quantitative estimate of drug-likeness (QED) is 0.933. The Bertz CT molecular complexity index is 482. The standard InChI is InChI=1S/C13H13BrO3/c1-2-9(13(16)17)11-5-7-3-4-8(14)6-10(7)12(11)15/h3-4,6,9,11H,2,5H2,1H3,(H,16,17). The Kier molecular flexibility index (Phi) is 3.33. The first-order chi connectivity index (χ1) is 8.04. The Balaban J connectivity index is 2.34. The van der Waals surface area contributed by atoms with E-state index in [2.05, 4.69) is 15.9 Å². The molecule has 0 saturated carbocycles. The van der Waals surface area contributed by atoms with E-state index in [1.807, 2.05) is 19.1 Å². The van der Waals surface area contributed by atoms with E-state index in [1.165, 1.54) is 0 Å². The summed E-state index contributed by atoms with van der Waals surface area (Å²) in [6.45, 7) is 1.81. The van der Waals surface area contributed by atoms with Crippen molar-refractivity contribution < 1.29 is 14.7 Å². The fourth-order valence-corrected chi connectivity index (χ4v) is 2.80. The Hall–Kier alpha value is -1.16. The van der Waals surface area contributed by atoms with Gasteiger partial charge in [-0.15, -0.1) is 0 Å². The van der Waals surface area contributed by atoms with Crippen LogP contribution in [0.4, 0.5) is 0 Å². The van der Waals surface area contributed by atoms with E-state index < -0.39 is 17.8 Å². The molecule has 1 aliphatic rings. The van der Waals surface area contributed by atoms with Gasteiger partial charge in [0, 0.05) is 16.0 Å². The van der Waals surface area contributed by atoms with Gasteiger partial charge in [0.2, 0.25) is 0 Å². The second-order valence-electron chi connectivity index (χ2n) is 4.33. The van der Waals surface area contributed by atoms with E-state index in [-0.39, 0.29) is 5.78 Å². The number of benzene rings is 1. The number of fused-ring (bicyclic) bond motifs is 1. The maximum atomic E-state index is 12.2. The Morgan fingerprint density at radius 1 is 1.59 bits per heavy atom. The number of Topliss-reactive ketones (excluding diaryl/α,β-unsaturated/α-hetero) is 1. The van der Waals surface area contributed by atoms with Crippen molar-refractivity contribution in [1.82, 2.24) is 0 Å². The van der Waals surface area contributed by atoms with E-state index in [4.69, 9.17) is 5.11 Å². The number of hydrogen-bond acceptors (Lipinski definition) is 2. The van der Waals surface area contributed by atoms with Crippen LogP contribution in [0.15, 0.2) is 22.7 Å². The van der Waals surface area contributed by atoms with Gasteiger partial charge in [0.15, 0.2) is 5.78 Å². The number of carboxylic acids is 1. The number of aliphatic carboxylic acids is 1. The lowest BCUT2D eigenvalue weighted by Gasteiger charge is -2.15. The molecule has 4 heteroatoms. The van der Waals surface area contributed by atoms with Crippen LogP contribution in [0, 0.1) is 11.8 Å². The molecular weight excluding hydrogens is 284 g/mol. The number of halogens is 1. The molecule has 0 bridgehead atoms. The second kappa shape index (κ2) is 4.61. The Morgan fingerprint density at radius 2 is 2.29 bits per heavy atom. The van der Waals surface area contributed by atoms with Gasteiger partial charge >= 0.3 is 5.97 Å². The molecule has 2 rings (SSSR count). The lowest BCUT2D eigenvalue weighted by molar-refractivity contribution is -0.143. The van der Waals surface area contributed by atoms with Crippen LogP contribution in [0.1, 0.15) is 29.3 Å². The van der Waals surface area contributed by atoms with Gasteiger partial charge in [-0.1, -0.05) is 28.9 Å². The average molecular weight is 297 g/mol. The third-order valence-corrected chi connectivity index (χ3v) is 3.85. The maximum absolute atomic E-state index is 12.2. The van der Waals surface area contributed by atoms with Crippen LogP contribution in [0.5, 0.6) is 0 Å². The van der Waals surface area contributed by atoms with Gasteiger partial charge in [-0.25, -0.2) is 0 Å². The van der Waals surface area contributed by atoms with Gasteiger partial charge in [-0.05, 0) is 30.5 Å². The highest BCUT2D eigenvalue weighted by atomic mass is 79.9. The minimum Gasteiger partial charge on any atom is -0.481 e. The summed E-state index contributed by atoms with van der Waals surface area (Å²) in [6.07, 6.45) is 1.03. The summed E-state index contributed by atoms with van der Waals surface area (Å²) < 4.78 is 0.855. The first-order valence-electron chi connectivity index (χ1n) is 5.60. The molecular formula is C13H13BrO3. The lowest BCUT2D eigenvalue weighted by atomic mass is 9.87. The van der Waals surface area contributed by atoms with Crippen molar-refractivity contribution in [3.63, 3.8) is 0 Å². The fourth-order valence-electron chi connectivity index (χ4n) is 2.44. The molecule has 90 valence electrons. The van der Waals surface area contributed by atoms with Crippen LogP contribution in [-0.2, 0) is 11.2 Å². The van der Waals surface area contributed by atoms with Crippen LogP contribution < -0.4 is 0 Å². The van der Waals surface area contributed by atoms with Crippen LogP contribution in [0.3, 0.4) is 0 Å².